The summed E-state index contributed by atoms with van der Waals surface area (Å²) >= 11 is 4.78. The molecule has 0 N–H and O–H groups in total. The van der Waals surface area contributed by atoms with Crippen molar-refractivity contribution in [2.75, 3.05) is 0 Å². The molecule has 0 atom stereocenters. The van der Waals surface area contributed by atoms with Crippen molar-refractivity contribution in [2.45, 2.75) is 51.9 Å². The van der Waals surface area contributed by atoms with Crippen LogP contribution in [0.1, 0.15) is 51.0 Å². The van der Waals surface area contributed by atoms with Crippen molar-refractivity contribution in [2.24, 2.45) is 0 Å². The number of hydrogen-bond donors (Lipinski definition) is 0. The molecule has 1 aromatic rings. The van der Waals surface area contributed by atoms with Crippen LogP contribution in [0.15, 0.2) is 24.3 Å². The lowest BCUT2D eigenvalue weighted by Crippen LogP contribution is -2.08. The normalized spacial score (nSPS) is 11.5. The van der Waals surface area contributed by atoms with Crippen LogP contribution in [0.2, 0.25) is 0 Å². The minimum absolute atomic E-state index is 0.192. The van der Waals surface area contributed by atoms with Gasteiger partial charge in [-0.2, -0.15) is 8.42 Å². The van der Waals surface area contributed by atoms with Crippen LogP contribution in [-0.2, 0) is 20.6 Å². The summed E-state index contributed by atoms with van der Waals surface area (Å²) in [4.78, 5) is 0. The van der Waals surface area contributed by atoms with Crippen molar-refractivity contribution in [1.29, 1.82) is 0 Å². The van der Waals surface area contributed by atoms with Gasteiger partial charge in [-0.15, -0.1) is 3.74 Å². The van der Waals surface area contributed by atoms with E-state index >= 15 is 0 Å². The zero-order valence-electron chi connectivity index (χ0n) is 11.7. The molecule has 0 aliphatic heterocycles. The van der Waals surface area contributed by atoms with Gasteiger partial charge in [0.25, 0.3) is 0 Å². The fourth-order valence-electron chi connectivity index (χ4n) is 1.95. The van der Waals surface area contributed by atoms with E-state index in [4.69, 9.17) is 11.9 Å². The van der Waals surface area contributed by atoms with Gasteiger partial charge in [-0.05, 0) is 30.5 Å². The Labute approximate surface area is 126 Å². The highest BCUT2D eigenvalue weighted by atomic mass is 35.5. The molecular weight excluding hydrogens is 300 g/mol. The molecule has 0 heterocycles. The van der Waals surface area contributed by atoms with Crippen molar-refractivity contribution in [3.05, 3.63) is 29.8 Å². The Bertz CT molecular complexity index is 470. The van der Waals surface area contributed by atoms with Gasteiger partial charge < -0.3 is 4.18 Å². The molecule has 1 rings (SSSR count). The molecule has 0 aromatic heterocycles. The third-order valence-electron chi connectivity index (χ3n) is 3.02. The van der Waals surface area contributed by atoms with Crippen LogP contribution in [0.4, 0.5) is 0 Å². The molecule has 0 radical (unpaired) electrons. The molecule has 1 aromatic carbocycles. The smallest absolute Gasteiger partial charge is 0.361 e. The van der Waals surface area contributed by atoms with Crippen molar-refractivity contribution in [3.8, 4) is 5.75 Å². The molecule has 4 nitrogen and oxygen atoms in total. The summed E-state index contributed by atoms with van der Waals surface area (Å²) in [6.07, 6.45) is 8.52. The van der Waals surface area contributed by atoms with Crippen LogP contribution >= 0.6 is 11.9 Å². The highest BCUT2D eigenvalue weighted by Crippen LogP contribution is 2.17. The Morgan fingerprint density at radius 2 is 1.60 bits per heavy atom. The number of halogens is 1. The maximum atomic E-state index is 11.0. The van der Waals surface area contributed by atoms with Gasteiger partial charge in [0.15, 0.2) is 0 Å². The second-order valence-corrected chi connectivity index (χ2v) is 6.20. The minimum atomic E-state index is -4.15. The lowest BCUT2D eigenvalue weighted by molar-refractivity contribution is 0.406. The number of unbranched alkanes of at least 4 members (excludes halogenated alkanes) is 5. The first-order valence-electron chi connectivity index (χ1n) is 6.91. The second kappa shape index (κ2) is 9.21. The zero-order valence-corrected chi connectivity index (χ0v) is 13.3. The monoisotopic (exact) mass is 320 g/mol. The summed E-state index contributed by atoms with van der Waals surface area (Å²) in [6, 6.07) is 6.90. The van der Waals surface area contributed by atoms with Gasteiger partial charge in [-0.25, -0.2) is 0 Å². The molecule has 0 aliphatic carbocycles. The topological polar surface area (TPSA) is 52.6 Å². The van der Waals surface area contributed by atoms with Crippen LogP contribution in [0.3, 0.4) is 0 Å². The Morgan fingerprint density at radius 1 is 1.00 bits per heavy atom. The molecular formula is C14H21ClO4S. The molecule has 0 amide bonds. The predicted octanol–water partition coefficient (Wildman–Crippen LogP) is 4.38. The maximum Gasteiger partial charge on any atom is 0.465 e. The highest BCUT2D eigenvalue weighted by Gasteiger charge is 2.12. The third kappa shape index (κ3) is 7.12. The summed E-state index contributed by atoms with van der Waals surface area (Å²) in [5, 5.41) is 0. The molecule has 6 heteroatoms. The predicted molar refractivity (Wildman–Crippen MR) is 80.0 cm³/mol. The first kappa shape index (κ1) is 17.3. The van der Waals surface area contributed by atoms with Gasteiger partial charge in [0, 0.05) is 0 Å². The molecule has 114 valence electrons. The zero-order chi connectivity index (χ0) is 14.8. The SMILES string of the molecule is CCCCCCCCc1ccc(OS(=O)(=O)OCl)cc1. The summed E-state index contributed by atoms with van der Waals surface area (Å²) < 4.78 is 30.2. The van der Waals surface area contributed by atoms with E-state index in [1.54, 1.807) is 12.1 Å². The van der Waals surface area contributed by atoms with E-state index in [1.807, 2.05) is 12.1 Å². The summed E-state index contributed by atoms with van der Waals surface area (Å²) in [5.74, 6) is 0.192. The molecule has 0 unspecified atom stereocenters. The second-order valence-electron chi connectivity index (χ2n) is 4.72. The number of hydrogen-bond acceptors (Lipinski definition) is 4. The van der Waals surface area contributed by atoms with E-state index in [9.17, 15) is 8.42 Å². The van der Waals surface area contributed by atoms with Crippen LogP contribution in [0.25, 0.3) is 0 Å². The Hall–Kier alpha value is -0.780. The van der Waals surface area contributed by atoms with Gasteiger partial charge in [0.05, 0.1) is 11.9 Å². The number of benzene rings is 1. The molecule has 0 spiro atoms. The first-order chi connectivity index (χ1) is 9.57. The molecule has 0 fully saturated rings. The van der Waals surface area contributed by atoms with Gasteiger partial charge >= 0.3 is 10.4 Å². The van der Waals surface area contributed by atoms with Crippen molar-refractivity contribution < 1.29 is 16.3 Å². The lowest BCUT2D eigenvalue weighted by Gasteiger charge is -2.05. The molecule has 0 saturated carbocycles. The Kier molecular flexibility index (Phi) is 7.95. The maximum absolute atomic E-state index is 11.0. The van der Waals surface area contributed by atoms with E-state index in [0.29, 0.717) is 0 Å². The largest absolute Gasteiger partial charge is 0.465 e. The minimum Gasteiger partial charge on any atom is -0.361 e. The van der Waals surface area contributed by atoms with Crippen LogP contribution in [-0.4, -0.2) is 8.42 Å². The fraction of sp³-hybridized carbons (Fsp3) is 0.571. The average Bonchev–Trinajstić information content (AvgIpc) is 2.44. The van der Waals surface area contributed by atoms with E-state index in [1.165, 1.54) is 32.1 Å². The molecule has 0 saturated heterocycles. The average molecular weight is 321 g/mol. The van der Waals surface area contributed by atoms with E-state index in [-0.39, 0.29) is 5.75 Å². The van der Waals surface area contributed by atoms with Crippen LogP contribution in [0.5, 0.6) is 5.75 Å². The Balaban J connectivity index is 2.32. The van der Waals surface area contributed by atoms with Crippen molar-refractivity contribution in [3.63, 3.8) is 0 Å². The van der Waals surface area contributed by atoms with E-state index in [2.05, 4.69) is 14.8 Å². The van der Waals surface area contributed by atoms with E-state index in [0.717, 1.165) is 18.4 Å². The van der Waals surface area contributed by atoms with Gasteiger partial charge in [-0.3, -0.25) is 0 Å². The summed E-state index contributed by atoms with van der Waals surface area (Å²) in [5.41, 5.74) is 1.16. The summed E-state index contributed by atoms with van der Waals surface area (Å²) in [6.45, 7) is 2.21. The van der Waals surface area contributed by atoms with E-state index < -0.39 is 10.4 Å². The first-order valence-corrected chi connectivity index (χ1v) is 8.55. The van der Waals surface area contributed by atoms with Gasteiger partial charge in [0.1, 0.15) is 5.75 Å². The fourth-order valence-corrected chi connectivity index (χ4v) is 2.40. The van der Waals surface area contributed by atoms with Gasteiger partial charge in [-0.1, -0.05) is 51.2 Å². The number of rotatable bonds is 10. The quantitative estimate of drug-likeness (QED) is 0.600. The third-order valence-corrected chi connectivity index (χ3v) is 4.03. The molecule has 0 aliphatic rings. The standard InChI is InChI=1S/C14H21ClO4S/c1-2-3-4-5-6-7-8-13-9-11-14(12-10-13)18-20(16,17)19-15/h9-12H,2-8H2,1H3. The highest BCUT2D eigenvalue weighted by molar-refractivity contribution is 7.82. The Morgan fingerprint density at radius 3 is 2.20 bits per heavy atom. The van der Waals surface area contributed by atoms with Crippen molar-refractivity contribution >= 4 is 22.3 Å². The lowest BCUT2D eigenvalue weighted by atomic mass is 10.1. The summed E-state index contributed by atoms with van der Waals surface area (Å²) in [7, 11) is -4.15. The van der Waals surface area contributed by atoms with Crippen LogP contribution in [0, 0.1) is 0 Å². The molecule has 0 bridgehead atoms. The van der Waals surface area contributed by atoms with Crippen LogP contribution < -0.4 is 4.18 Å². The molecule has 20 heavy (non-hydrogen) atoms. The van der Waals surface area contributed by atoms with Crippen molar-refractivity contribution in [1.82, 2.24) is 0 Å². The van der Waals surface area contributed by atoms with Gasteiger partial charge in [0.2, 0.25) is 0 Å². The number of aryl methyl sites for hydroxylation is 1.